The Morgan fingerprint density at radius 2 is 1.95 bits per heavy atom. The highest BCUT2D eigenvalue weighted by molar-refractivity contribution is 9.10. The van der Waals surface area contributed by atoms with Crippen LogP contribution in [0.25, 0.3) is 0 Å². The second-order valence-corrected chi connectivity index (χ2v) is 5.82. The number of phenols is 1. The zero-order valence-corrected chi connectivity index (χ0v) is 12.9. The number of hydrogen-bond acceptors (Lipinski definition) is 3. The first-order chi connectivity index (χ1) is 9.95. The largest absolute Gasteiger partial charge is 0.508 e. The number of carbonyl (C=O) groups is 1. The number of phenolic OH excluding ortho intramolecular Hbond substituents is 1. The summed E-state index contributed by atoms with van der Waals surface area (Å²) < 4.78 is 0.976. The fourth-order valence-electron chi connectivity index (χ4n) is 2.17. The van der Waals surface area contributed by atoms with Crippen LogP contribution in [0.3, 0.4) is 0 Å². The van der Waals surface area contributed by atoms with Gasteiger partial charge in [-0.25, -0.2) is 0 Å². The van der Waals surface area contributed by atoms with Gasteiger partial charge in [-0.15, -0.1) is 0 Å². The van der Waals surface area contributed by atoms with Gasteiger partial charge in [-0.3, -0.25) is 4.79 Å². The average Bonchev–Trinajstić information content (AvgIpc) is 2.41. The van der Waals surface area contributed by atoms with Crippen LogP contribution in [-0.4, -0.2) is 22.2 Å². The minimum absolute atomic E-state index is 0.160. The number of hydrogen-bond donors (Lipinski definition) is 3. The Labute approximate surface area is 131 Å². The minimum Gasteiger partial charge on any atom is -0.508 e. The van der Waals surface area contributed by atoms with Crippen molar-refractivity contribution >= 4 is 21.9 Å². The summed E-state index contributed by atoms with van der Waals surface area (Å²) in [5, 5.41) is 18.6. The van der Waals surface area contributed by atoms with Gasteiger partial charge < -0.3 is 15.9 Å². The lowest BCUT2D eigenvalue weighted by molar-refractivity contribution is -0.138. The Bertz CT molecular complexity index is 658. The average molecular weight is 350 g/mol. The number of aromatic hydroxyl groups is 1. The second-order valence-electron chi connectivity index (χ2n) is 4.91. The predicted molar refractivity (Wildman–Crippen MR) is 84.4 cm³/mol. The fourth-order valence-corrected chi connectivity index (χ4v) is 2.61. The SMILES string of the molecule is NC(Cc1ccc(O)cc1Cc1cccc(Br)c1)C(=O)O. The molecule has 0 aromatic heterocycles. The van der Waals surface area contributed by atoms with Crippen molar-refractivity contribution in [3.8, 4) is 5.75 Å². The molecule has 0 radical (unpaired) electrons. The van der Waals surface area contributed by atoms with Crippen LogP contribution in [0.2, 0.25) is 0 Å². The number of benzene rings is 2. The Balaban J connectivity index is 2.29. The van der Waals surface area contributed by atoms with Gasteiger partial charge in [0.25, 0.3) is 0 Å². The number of carboxylic acids is 1. The van der Waals surface area contributed by atoms with Crippen molar-refractivity contribution in [3.63, 3.8) is 0 Å². The Kier molecular flexibility index (Phi) is 4.98. The van der Waals surface area contributed by atoms with Crippen molar-refractivity contribution in [2.24, 2.45) is 5.73 Å². The van der Waals surface area contributed by atoms with Crippen molar-refractivity contribution in [2.45, 2.75) is 18.9 Å². The lowest BCUT2D eigenvalue weighted by atomic mass is 9.95. The van der Waals surface area contributed by atoms with Gasteiger partial charge in [0.15, 0.2) is 0 Å². The van der Waals surface area contributed by atoms with Crippen LogP contribution in [0.4, 0.5) is 0 Å². The third kappa shape index (κ3) is 4.31. The molecule has 1 unspecified atom stereocenters. The maximum absolute atomic E-state index is 10.9. The van der Waals surface area contributed by atoms with E-state index in [1.807, 2.05) is 24.3 Å². The summed E-state index contributed by atoms with van der Waals surface area (Å²) >= 11 is 3.42. The summed E-state index contributed by atoms with van der Waals surface area (Å²) in [5.74, 6) is -0.871. The van der Waals surface area contributed by atoms with Gasteiger partial charge in [0.2, 0.25) is 0 Å². The molecule has 0 aliphatic rings. The van der Waals surface area contributed by atoms with E-state index in [2.05, 4.69) is 15.9 Å². The van der Waals surface area contributed by atoms with Crippen LogP contribution < -0.4 is 5.73 Å². The molecule has 2 aromatic rings. The van der Waals surface area contributed by atoms with E-state index in [9.17, 15) is 9.90 Å². The van der Waals surface area contributed by atoms with Gasteiger partial charge in [-0.1, -0.05) is 34.1 Å². The smallest absolute Gasteiger partial charge is 0.320 e. The molecular formula is C16H16BrNO3. The second kappa shape index (κ2) is 6.74. The molecule has 4 N–H and O–H groups in total. The molecular weight excluding hydrogens is 334 g/mol. The molecule has 0 saturated carbocycles. The molecule has 0 aliphatic carbocycles. The molecule has 2 aromatic carbocycles. The third-order valence-electron chi connectivity index (χ3n) is 3.23. The molecule has 0 fully saturated rings. The van der Waals surface area contributed by atoms with Crippen molar-refractivity contribution in [3.05, 3.63) is 63.6 Å². The van der Waals surface area contributed by atoms with Gasteiger partial charge in [0.05, 0.1) is 0 Å². The first kappa shape index (κ1) is 15.5. The Morgan fingerprint density at radius 1 is 1.19 bits per heavy atom. The van der Waals surface area contributed by atoms with E-state index in [-0.39, 0.29) is 12.2 Å². The third-order valence-corrected chi connectivity index (χ3v) is 3.72. The molecule has 4 nitrogen and oxygen atoms in total. The molecule has 5 heteroatoms. The van der Waals surface area contributed by atoms with E-state index in [0.717, 1.165) is 21.2 Å². The molecule has 0 heterocycles. The summed E-state index contributed by atoms with van der Waals surface area (Å²) in [6.07, 6.45) is 0.842. The zero-order chi connectivity index (χ0) is 15.4. The maximum atomic E-state index is 10.9. The number of carboxylic acid groups (broad SMARTS) is 1. The van der Waals surface area contributed by atoms with Gasteiger partial charge in [-0.2, -0.15) is 0 Å². The molecule has 1 atom stereocenters. The van der Waals surface area contributed by atoms with E-state index in [0.29, 0.717) is 6.42 Å². The lowest BCUT2D eigenvalue weighted by Gasteiger charge is -2.13. The van der Waals surface area contributed by atoms with Crippen LogP contribution in [0.5, 0.6) is 5.75 Å². The molecule has 0 aliphatic heterocycles. The predicted octanol–water partition coefficient (Wildman–Crippen LogP) is 2.70. The summed E-state index contributed by atoms with van der Waals surface area (Å²) in [6.45, 7) is 0. The van der Waals surface area contributed by atoms with Gasteiger partial charge in [-0.05, 0) is 53.8 Å². The van der Waals surface area contributed by atoms with Gasteiger partial charge in [0, 0.05) is 4.47 Å². The summed E-state index contributed by atoms with van der Waals surface area (Å²) in [6, 6.07) is 11.8. The Morgan fingerprint density at radius 3 is 2.62 bits per heavy atom. The molecule has 21 heavy (non-hydrogen) atoms. The van der Waals surface area contributed by atoms with Crippen molar-refractivity contribution < 1.29 is 15.0 Å². The summed E-state index contributed by atoms with van der Waals surface area (Å²) in [7, 11) is 0. The van der Waals surface area contributed by atoms with Crippen LogP contribution in [0.15, 0.2) is 46.9 Å². The van der Waals surface area contributed by atoms with E-state index in [1.165, 1.54) is 0 Å². The maximum Gasteiger partial charge on any atom is 0.320 e. The Hall–Kier alpha value is -1.85. The molecule has 0 saturated heterocycles. The highest BCUT2D eigenvalue weighted by Crippen LogP contribution is 2.22. The number of rotatable bonds is 5. The number of aliphatic carboxylic acids is 1. The number of nitrogens with two attached hydrogens (primary N) is 1. The first-order valence-electron chi connectivity index (χ1n) is 6.49. The lowest BCUT2D eigenvalue weighted by Crippen LogP contribution is -2.32. The van der Waals surface area contributed by atoms with Crippen LogP contribution in [0, 0.1) is 0 Å². The molecule has 0 amide bonds. The molecule has 0 spiro atoms. The molecule has 110 valence electrons. The van der Waals surface area contributed by atoms with E-state index in [4.69, 9.17) is 10.8 Å². The highest BCUT2D eigenvalue weighted by atomic mass is 79.9. The van der Waals surface area contributed by atoms with Crippen molar-refractivity contribution in [1.29, 1.82) is 0 Å². The molecule has 0 bridgehead atoms. The van der Waals surface area contributed by atoms with E-state index >= 15 is 0 Å². The van der Waals surface area contributed by atoms with Crippen LogP contribution in [-0.2, 0) is 17.6 Å². The molecule has 2 rings (SSSR count). The monoisotopic (exact) mass is 349 g/mol. The van der Waals surface area contributed by atoms with Gasteiger partial charge in [0.1, 0.15) is 11.8 Å². The highest BCUT2D eigenvalue weighted by Gasteiger charge is 2.15. The summed E-state index contributed by atoms with van der Waals surface area (Å²) in [4.78, 5) is 10.9. The fraction of sp³-hybridized carbons (Fsp3) is 0.188. The number of halogens is 1. The quantitative estimate of drug-likeness (QED) is 0.774. The normalized spacial score (nSPS) is 12.1. The van der Waals surface area contributed by atoms with E-state index < -0.39 is 12.0 Å². The van der Waals surface area contributed by atoms with Crippen LogP contribution >= 0.6 is 15.9 Å². The van der Waals surface area contributed by atoms with E-state index in [1.54, 1.807) is 18.2 Å². The van der Waals surface area contributed by atoms with Crippen LogP contribution in [0.1, 0.15) is 16.7 Å². The minimum atomic E-state index is -1.03. The van der Waals surface area contributed by atoms with Crippen molar-refractivity contribution in [1.82, 2.24) is 0 Å². The topological polar surface area (TPSA) is 83.5 Å². The van der Waals surface area contributed by atoms with Crippen molar-refractivity contribution in [2.75, 3.05) is 0 Å². The van der Waals surface area contributed by atoms with Gasteiger partial charge >= 0.3 is 5.97 Å². The summed E-state index contributed by atoms with van der Waals surface area (Å²) in [5.41, 5.74) is 8.39. The standard InChI is InChI=1S/C16H16BrNO3/c17-13-3-1-2-10(7-13)6-12-8-14(19)5-4-11(12)9-15(18)16(20)21/h1-5,7-8,15,19H,6,9,18H2,(H,20,21). The first-order valence-corrected chi connectivity index (χ1v) is 7.28. The zero-order valence-electron chi connectivity index (χ0n) is 11.3.